The number of benzene rings is 1. The summed E-state index contributed by atoms with van der Waals surface area (Å²) in [6.07, 6.45) is 0. The zero-order valence-electron chi connectivity index (χ0n) is 11.8. The molecule has 0 saturated heterocycles. The molecule has 0 saturated carbocycles. The average molecular weight is 260 g/mol. The van der Waals surface area contributed by atoms with Gasteiger partial charge in [0, 0.05) is 19.3 Å². The first kappa shape index (κ1) is 13.3. The molecule has 0 radical (unpaired) electrons. The molecule has 1 aromatic heterocycles. The summed E-state index contributed by atoms with van der Waals surface area (Å²) in [5.41, 5.74) is 8.75. The summed E-state index contributed by atoms with van der Waals surface area (Å²) in [5.74, 6) is 1.76. The largest absolute Gasteiger partial charge is 0.497 e. The van der Waals surface area contributed by atoms with E-state index >= 15 is 0 Å². The van der Waals surface area contributed by atoms with Crippen molar-refractivity contribution in [3.8, 4) is 5.75 Å². The van der Waals surface area contributed by atoms with E-state index in [9.17, 15) is 0 Å². The fourth-order valence-electron chi connectivity index (χ4n) is 2.09. The Kier molecular flexibility index (Phi) is 3.64. The predicted octanol–water partition coefficient (Wildman–Crippen LogP) is 2.57. The van der Waals surface area contributed by atoms with E-state index in [4.69, 9.17) is 10.5 Å². The van der Waals surface area contributed by atoms with Crippen LogP contribution in [0.25, 0.3) is 0 Å². The molecule has 0 unspecified atom stereocenters. The van der Waals surface area contributed by atoms with Crippen molar-refractivity contribution in [3.05, 3.63) is 30.0 Å². The van der Waals surface area contributed by atoms with Crippen molar-refractivity contribution in [2.24, 2.45) is 0 Å². The molecule has 0 bridgehead atoms. The summed E-state index contributed by atoms with van der Waals surface area (Å²) < 4.78 is 7.08. The zero-order valence-corrected chi connectivity index (χ0v) is 11.8. The molecule has 1 heterocycles. The molecule has 2 rings (SSSR count). The molecule has 102 valence electrons. The van der Waals surface area contributed by atoms with Crippen LogP contribution in [0.2, 0.25) is 0 Å². The number of anilines is 3. The first-order chi connectivity index (χ1) is 9.08. The molecule has 0 aliphatic carbocycles. The monoisotopic (exact) mass is 260 g/mol. The van der Waals surface area contributed by atoms with Crippen LogP contribution in [0, 0.1) is 6.92 Å². The number of nitrogens with zero attached hydrogens (tertiary/aromatic N) is 3. The molecule has 5 nitrogen and oxygen atoms in total. The smallest absolute Gasteiger partial charge is 0.154 e. The molecule has 0 amide bonds. The number of nitrogens with two attached hydrogens (primary N) is 1. The van der Waals surface area contributed by atoms with Crippen LogP contribution in [-0.4, -0.2) is 23.9 Å². The summed E-state index contributed by atoms with van der Waals surface area (Å²) in [6.45, 7) is 4.76. The van der Waals surface area contributed by atoms with Gasteiger partial charge >= 0.3 is 0 Å². The van der Waals surface area contributed by atoms with Gasteiger partial charge in [0.15, 0.2) is 5.82 Å². The SMILES string of the molecule is CCn1nc(C)c(N)c1N(C)c1ccc(OC)cc1. The van der Waals surface area contributed by atoms with E-state index in [0.717, 1.165) is 35.2 Å². The van der Waals surface area contributed by atoms with Crippen LogP contribution in [0.15, 0.2) is 24.3 Å². The summed E-state index contributed by atoms with van der Waals surface area (Å²) >= 11 is 0. The number of hydrogen-bond acceptors (Lipinski definition) is 4. The summed E-state index contributed by atoms with van der Waals surface area (Å²) in [7, 11) is 3.65. The molecule has 0 spiro atoms. The van der Waals surface area contributed by atoms with Gasteiger partial charge in [0.2, 0.25) is 0 Å². The highest BCUT2D eigenvalue weighted by Crippen LogP contribution is 2.31. The maximum Gasteiger partial charge on any atom is 0.154 e. The van der Waals surface area contributed by atoms with Gasteiger partial charge in [0.25, 0.3) is 0 Å². The summed E-state index contributed by atoms with van der Waals surface area (Å²) in [4.78, 5) is 2.04. The van der Waals surface area contributed by atoms with Crippen molar-refractivity contribution in [2.45, 2.75) is 20.4 Å². The number of aromatic nitrogens is 2. The van der Waals surface area contributed by atoms with Gasteiger partial charge in [-0.15, -0.1) is 0 Å². The number of aryl methyl sites for hydroxylation is 2. The van der Waals surface area contributed by atoms with Gasteiger partial charge in [0.05, 0.1) is 18.5 Å². The molecule has 0 atom stereocenters. The van der Waals surface area contributed by atoms with Gasteiger partial charge in [-0.3, -0.25) is 0 Å². The Balaban J connectivity index is 2.40. The highest BCUT2D eigenvalue weighted by molar-refractivity contribution is 5.73. The van der Waals surface area contributed by atoms with Crippen LogP contribution in [-0.2, 0) is 6.54 Å². The van der Waals surface area contributed by atoms with Gasteiger partial charge in [-0.1, -0.05) is 0 Å². The van der Waals surface area contributed by atoms with Crippen LogP contribution >= 0.6 is 0 Å². The second kappa shape index (κ2) is 5.22. The van der Waals surface area contributed by atoms with Crippen molar-refractivity contribution in [2.75, 3.05) is 24.8 Å². The van der Waals surface area contributed by atoms with Crippen LogP contribution in [0.5, 0.6) is 5.75 Å². The van der Waals surface area contributed by atoms with Gasteiger partial charge in [-0.05, 0) is 38.1 Å². The van der Waals surface area contributed by atoms with Crippen LogP contribution in [0.4, 0.5) is 17.2 Å². The third-order valence-electron chi connectivity index (χ3n) is 3.22. The quantitative estimate of drug-likeness (QED) is 0.918. The lowest BCUT2D eigenvalue weighted by Crippen LogP contribution is -2.16. The second-order valence-corrected chi connectivity index (χ2v) is 4.40. The second-order valence-electron chi connectivity index (χ2n) is 4.40. The van der Waals surface area contributed by atoms with E-state index in [1.807, 2.05) is 47.8 Å². The Morgan fingerprint density at radius 3 is 2.47 bits per heavy atom. The number of rotatable bonds is 4. The highest BCUT2D eigenvalue weighted by Gasteiger charge is 2.16. The van der Waals surface area contributed by atoms with E-state index < -0.39 is 0 Å². The van der Waals surface area contributed by atoms with Gasteiger partial charge < -0.3 is 15.4 Å². The Hall–Kier alpha value is -2.17. The molecule has 2 aromatic rings. The van der Waals surface area contributed by atoms with E-state index in [-0.39, 0.29) is 0 Å². The van der Waals surface area contributed by atoms with E-state index in [1.54, 1.807) is 7.11 Å². The van der Waals surface area contributed by atoms with E-state index in [1.165, 1.54) is 0 Å². The molecule has 0 fully saturated rings. The number of nitrogen functional groups attached to an aromatic ring is 1. The number of methoxy groups -OCH3 is 1. The van der Waals surface area contributed by atoms with Gasteiger partial charge in [-0.2, -0.15) is 5.10 Å². The molecular formula is C14H20N4O. The molecule has 19 heavy (non-hydrogen) atoms. The average Bonchev–Trinajstić information content (AvgIpc) is 2.73. The van der Waals surface area contributed by atoms with Crippen molar-refractivity contribution >= 4 is 17.2 Å². The lowest BCUT2D eigenvalue weighted by atomic mass is 10.2. The molecule has 0 aliphatic rings. The zero-order chi connectivity index (χ0) is 14.0. The lowest BCUT2D eigenvalue weighted by molar-refractivity contribution is 0.415. The van der Waals surface area contributed by atoms with Crippen LogP contribution in [0.3, 0.4) is 0 Å². The van der Waals surface area contributed by atoms with Crippen molar-refractivity contribution < 1.29 is 4.74 Å². The van der Waals surface area contributed by atoms with Crippen LogP contribution in [0.1, 0.15) is 12.6 Å². The fourth-order valence-corrected chi connectivity index (χ4v) is 2.09. The molecule has 1 aromatic carbocycles. The molecule has 5 heteroatoms. The Morgan fingerprint density at radius 2 is 1.95 bits per heavy atom. The normalized spacial score (nSPS) is 10.5. The third kappa shape index (κ3) is 2.36. The Morgan fingerprint density at radius 1 is 1.32 bits per heavy atom. The van der Waals surface area contributed by atoms with Crippen molar-refractivity contribution in [1.82, 2.24) is 9.78 Å². The van der Waals surface area contributed by atoms with E-state index in [2.05, 4.69) is 12.0 Å². The minimum Gasteiger partial charge on any atom is -0.497 e. The first-order valence-corrected chi connectivity index (χ1v) is 6.29. The highest BCUT2D eigenvalue weighted by atomic mass is 16.5. The number of ether oxygens (including phenoxy) is 1. The maximum atomic E-state index is 6.12. The topological polar surface area (TPSA) is 56.3 Å². The van der Waals surface area contributed by atoms with Crippen molar-refractivity contribution in [3.63, 3.8) is 0 Å². The molecular weight excluding hydrogens is 240 g/mol. The van der Waals surface area contributed by atoms with E-state index in [0.29, 0.717) is 0 Å². The molecule has 0 aliphatic heterocycles. The predicted molar refractivity (Wildman–Crippen MR) is 78.1 cm³/mol. The Bertz CT molecular complexity index is 560. The minimum absolute atomic E-state index is 0.722. The summed E-state index contributed by atoms with van der Waals surface area (Å²) in [5, 5.41) is 4.43. The Labute approximate surface area is 113 Å². The fraction of sp³-hybridized carbons (Fsp3) is 0.357. The van der Waals surface area contributed by atoms with Crippen LogP contribution < -0.4 is 15.4 Å². The minimum atomic E-state index is 0.722. The standard InChI is InChI=1S/C14H20N4O/c1-5-18-14(13(15)10(2)16-18)17(3)11-6-8-12(19-4)9-7-11/h6-9H,5,15H2,1-4H3. The number of hydrogen-bond donors (Lipinski definition) is 1. The van der Waals surface area contributed by atoms with Gasteiger partial charge in [0.1, 0.15) is 5.75 Å². The lowest BCUT2D eigenvalue weighted by Gasteiger charge is -2.21. The van der Waals surface area contributed by atoms with Gasteiger partial charge in [-0.25, -0.2) is 4.68 Å². The molecule has 2 N–H and O–H groups in total. The maximum absolute atomic E-state index is 6.12. The van der Waals surface area contributed by atoms with Crippen molar-refractivity contribution in [1.29, 1.82) is 0 Å². The summed E-state index contributed by atoms with van der Waals surface area (Å²) in [6, 6.07) is 7.87. The third-order valence-corrected chi connectivity index (χ3v) is 3.22. The first-order valence-electron chi connectivity index (χ1n) is 6.29.